The zero-order chi connectivity index (χ0) is 13.5. The van der Waals surface area contributed by atoms with E-state index in [0.29, 0.717) is 13.0 Å². The number of rotatable bonds is 5. The quantitative estimate of drug-likeness (QED) is 0.579. The van der Waals surface area contributed by atoms with Crippen LogP contribution in [0.1, 0.15) is 19.8 Å². The van der Waals surface area contributed by atoms with Crippen LogP contribution in [0, 0.1) is 0 Å². The number of aliphatic hydroxyl groups is 1. The Kier molecular flexibility index (Phi) is 5.64. The minimum absolute atomic E-state index is 0.109. The van der Waals surface area contributed by atoms with Gasteiger partial charge in [0.25, 0.3) is 0 Å². The highest BCUT2D eigenvalue weighted by atomic mass is 16.6. The lowest BCUT2D eigenvalue weighted by atomic mass is 10.1. The number of amides is 1. The Morgan fingerprint density at radius 1 is 1.56 bits per heavy atom. The van der Waals surface area contributed by atoms with Crippen LogP contribution in [0.4, 0.5) is 4.79 Å². The molecule has 1 unspecified atom stereocenters. The molecule has 2 atom stereocenters. The van der Waals surface area contributed by atoms with Gasteiger partial charge < -0.3 is 19.5 Å². The molecule has 0 aromatic carbocycles. The summed E-state index contributed by atoms with van der Waals surface area (Å²) < 4.78 is 9.64. The summed E-state index contributed by atoms with van der Waals surface area (Å²) in [6.07, 6.45) is 0.891. The zero-order valence-corrected chi connectivity index (χ0v) is 10.5. The molecular weight excluding hydrogens is 238 g/mol. The van der Waals surface area contributed by atoms with Crippen LogP contribution in [0.2, 0.25) is 0 Å². The molecule has 1 rings (SSSR count). The fourth-order valence-corrected chi connectivity index (χ4v) is 1.95. The molecule has 1 N–H and O–H groups in total. The number of nitrogens with zero attached hydrogens (tertiary/aromatic N) is 1. The summed E-state index contributed by atoms with van der Waals surface area (Å²) >= 11 is 0. The Hall–Kier alpha value is -1.56. The molecule has 0 aromatic heterocycles. The van der Waals surface area contributed by atoms with E-state index in [-0.39, 0.29) is 13.2 Å². The number of carbonyl (C=O) groups is 2. The van der Waals surface area contributed by atoms with Crippen LogP contribution in [-0.4, -0.2) is 54.0 Å². The van der Waals surface area contributed by atoms with Crippen molar-refractivity contribution >= 4 is 12.1 Å². The van der Waals surface area contributed by atoms with Crippen molar-refractivity contribution in [2.24, 2.45) is 0 Å². The molecule has 0 bridgehead atoms. The topological polar surface area (TPSA) is 76.1 Å². The Labute approximate surface area is 106 Å². The first kappa shape index (κ1) is 14.5. The molecule has 0 spiro atoms. The first-order valence-electron chi connectivity index (χ1n) is 6.00. The molecule has 1 aliphatic heterocycles. The molecule has 0 radical (unpaired) electrons. The van der Waals surface area contributed by atoms with Gasteiger partial charge in [-0.15, -0.1) is 0 Å². The van der Waals surface area contributed by atoms with Gasteiger partial charge in [-0.05, 0) is 19.8 Å². The lowest BCUT2D eigenvalue weighted by Gasteiger charge is -2.26. The van der Waals surface area contributed by atoms with Crippen molar-refractivity contribution < 1.29 is 24.2 Å². The Bertz CT molecular complexity index is 318. The van der Waals surface area contributed by atoms with Gasteiger partial charge in [0.15, 0.2) is 6.10 Å². The fraction of sp³-hybridized carbons (Fsp3) is 0.667. The largest absolute Gasteiger partial charge is 0.464 e. The summed E-state index contributed by atoms with van der Waals surface area (Å²) in [7, 11) is 0. The molecule has 18 heavy (non-hydrogen) atoms. The number of hydrogen-bond acceptors (Lipinski definition) is 5. The van der Waals surface area contributed by atoms with E-state index in [2.05, 4.69) is 6.58 Å². The SMILES string of the molecule is C=CCOC(=O)N1CCC[C@H]1C(O)C(=O)OCC. The summed E-state index contributed by atoms with van der Waals surface area (Å²) in [6, 6.07) is -0.568. The number of aliphatic hydroxyl groups excluding tert-OH is 1. The molecule has 1 fully saturated rings. The van der Waals surface area contributed by atoms with Gasteiger partial charge in [0.05, 0.1) is 12.6 Å². The normalized spacial score (nSPS) is 20.3. The van der Waals surface area contributed by atoms with Gasteiger partial charge in [0.1, 0.15) is 6.61 Å². The standard InChI is InChI=1S/C12H19NO5/c1-3-8-18-12(16)13-7-5-6-9(13)10(14)11(15)17-4-2/h3,9-10,14H,1,4-8H2,2H3/t9-,10?/m0/s1. The van der Waals surface area contributed by atoms with Crippen molar-refractivity contribution in [1.82, 2.24) is 4.90 Å². The molecule has 0 aromatic rings. The van der Waals surface area contributed by atoms with Crippen LogP contribution < -0.4 is 0 Å². The molecule has 0 saturated carbocycles. The third-order valence-corrected chi connectivity index (χ3v) is 2.75. The molecule has 1 saturated heterocycles. The smallest absolute Gasteiger partial charge is 0.410 e. The zero-order valence-electron chi connectivity index (χ0n) is 10.5. The first-order valence-corrected chi connectivity index (χ1v) is 6.00. The van der Waals surface area contributed by atoms with Gasteiger partial charge in [-0.2, -0.15) is 0 Å². The molecule has 6 heteroatoms. The van der Waals surface area contributed by atoms with E-state index >= 15 is 0 Å². The lowest BCUT2D eigenvalue weighted by molar-refractivity contribution is -0.155. The second-order valence-electron chi connectivity index (χ2n) is 3.97. The van der Waals surface area contributed by atoms with Crippen LogP contribution >= 0.6 is 0 Å². The molecule has 0 aliphatic carbocycles. The first-order chi connectivity index (χ1) is 8.61. The van der Waals surface area contributed by atoms with E-state index in [9.17, 15) is 14.7 Å². The summed E-state index contributed by atoms with van der Waals surface area (Å²) in [4.78, 5) is 24.5. The Morgan fingerprint density at radius 3 is 2.89 bits per heavy atom. The molecule has 6 nitrogen and oxygen atoms in total. The maximum Gasteiger partial charge on any atom is 0.410 e. The maximum atomic E-state index is 11.7. The van der Waals surface area contributed by atoms with Crippen LogP contribution in [-0.2, 0) is 14.3 Å². The van der Waals surface area contributed by atoms with E-state index in [0.717, 1.165) is 6.42 Å². The highest BCUT2D eigenvalue weighted by Gasteiger charge is 2.38. The summed E-state index contributed by atoms with van der Waals surface area (Å²) in [5.41, 5.74) is 0. The third-order valence-electron chi connectivity index (χ3n) is 2.75. The van der Waals surface area contributed by atoms with Crippen molar-refractivity contribution in [3.8, 4) is 0 Å². The second kappa shape index (κ2) is 7.00. The number of likely N-dealkylation sites (tertiary alicyclic amines) is 1. The summed E-state index contributed by atoms with van der Waals surface area (Å²) in [5.74, 6) is -0.703. The minimum atomic E-state index is -1.32. The van der Waals surface area contributed by atoms with Gasteiger partial charge in [0.2, 0.25) is 0 Å². The van der Waals surface area contributed by atoms with Gasteiger partial charge in [-0.25, -0.2) is 9.59 Å². The molecule has 1 amide bonds. The van der Waals surface area contributed by atoms with Crippen LogP contribution in [0.3, 0.4) is 0 Å². The Balaban J connectivity index is 2.60. The highest BCUT2D eigenvalue weighted by Crippen LogP contribution is 2.22. The van der Waals surface area contributed by atoms with E-state index < -0.39 is 24.2 Å². The van der Waals surface area contributed by atoms with Crippen LogP contribution in [0.25, 0.3) is 0 Å². The van der Waals surface area contributed by atoms with Gasteiger partial charge in [-0.3, -0.25) is 0 Å². The number of ether oxygens (including phenoxy) is 2. The van der Waals surface area contributed by atoms with Crippen molar-refractivity contribution in [2.75, 3.05) is 19.8 Å². The van der Waals surface area contributed by atoms with Crippen molar-refractivity contribution in [2.45, 2.75) is 31.9 Å². The molecule has 1 aliphatic rings. The highest BCUT2D eigenvalue weighted by molar-refractivity contribution is 5.77. The average molecular weight is 257 g/mol. The maximum absolute atomic E-state index is 11.7. The molecule has 1 heterocycles. The van der Waals surface area contributed by atoms with Crippen molar-refractivity contribution in [3.05, 3.63) is 12.7 Å². The van der Waals surface area contributed by atoms with E-state index in [1.54, 1.807) is 6.92 Å². The Morgan fingerprint density at radius 2 is 2.28 bits per heavy atom. The number of carbonyl (C=O) groups excluding carboxylic acids is 2. The minimum Gasteiger partial charge on any atom is -0.464 e. The van der Waals surface area contributed by atoms with Crippen LogP contribution in [0.15, 0.2) is 12.7 Å². The number of esters is 1. The predicted molar refractivity (Wildman–Crippen MR) is 63.9 cm³/mol. The van der Waals surface area contributed by atoms with E-state index in [1.807, 2.05) is 0 Å². The lowest BCUT2D eigenvalue weighted by Crippen LogP contribution is -2.46. The van der Waals surface area contributed by atoms with E-state index in [4.69, 9.17) is 9.47 Å². The molecule has 102 valence electrons. The predicted octanol–water partition coefficient (Wildman–Crippen LogP) is 0.697. The van der Waals surface area contributed by atoms with Crippen LogP contribution in [0.5, 0.6) is 0 Å². The second-order valence-corrected chi connectivity index (χ2v) is 3.97. The van der Waals surface area contributed by atoms with Gasteiger partial charge in [-0.1, -0.05) is 12.7 Å². The van der Waals surface area contributed by atoms with Gasteiger partial charge in [0, 0.05) is 6.54 Å². The third kappa shape index (κ3) is 3.46. The van der Waals surface area contributed by atoms with Crippen molar-refractivity contribution in [1.29, 1.82) is 0 Å². The summed E-state index contributed by atoms with van der Waals surface area (Å²) in [6.45, 7) is 5.88. The summed E-state index contributed by atoms with van der Waals surface area (Å²) in [5, 5.41) is 9.85. The van der Waals surface area contributed by atoms with Crippen molar-refractivity contribution in [3.63, 3.8) is 0 Å². The number of hydrogen-bond donors (Lipinski definition) is 1. The monoisotopic (exact) mass is 257 g/mol. The molecular formula is C12H19NO5. The fourth-order valence-electron chi connectivity index (χ4n) is 1.95. The van der Waals surface area contributed by atoms with Gasteiger partial charge >= 0.3 is 12.1 Å². The average Bonchev–Trinajstić information content (AvgIpc) is 2.84. The van der Waals surface area contributed by atoms with E-state index in [1.165, 1.54) is 11.0 Å².